The summed E-state index contributed by atoms with van der Waals surface area (Å²) in [5, 5.41) is 13.2. The molecule has 20 heavy (non-hydrogen) atoms. The quantitative estimate of drug-likeness (QED) is 0.810. The summed E-state index contributed by atoms with van der Waals surface area (Å²) in [7, 11) is 1.89. The lowest BCUT2D eigenvalue weighted by Gasteiger charge is -2.33. The van der Waals surface area contributed by atoms with Crippen LogP contribution in [0.25, 0.3) is 0 Å². The van der Waals surface area contributed by atoms with Gasteiger partial charge in [0.1, 0.15) is 5.82 Å². The molecule has 4 nitrogen and oxygen atoms in total. The second-order valence-electron chi connectivity index (χ2n) is 5.08. The van der Waals surface area contributed by atoms with Crippen LogP contribution in [0.15, 0.2) is 42.7 Å². The maximum absolute atomic E-state index is 9.95. The lowest BCUT2D eigenvalue weighted by atomic mass is 9.90. The van der Waals surface area contributed by atoms with Crippen molar-refractivity contribution in [2.45, 2.75) is 31.8 Å². The molecule has 2 rings (SSSR count). The Labute approximate surface area is 120 Å². The third-order valence-corrected chi connectivity index (χ3v) is 3.79. The SMILES string of the molecule is CCCc1nccn1CC(CO)(NC)c1ccccc1. The van der Waals surface area contributed by atoms with Gasteiger partial charge < -0.3 is 15.0 Å². The predicted octanol–water partition coefficient (Wildman–Crippen LogP) is 1.94. The molecule has 1 aromatic heterocycles. The molecule has 2 aromatic rings. The lowest BCUT2D eigenvalue weighted by Crippen LogP contribution is -2.47. The number of benzene rings is 1. The van der Waals surface area contributed by atoms with Crippen LogP contribution in [0.1, 0.15) is 24.7 Å². The van der Waals surface area contributed by atoms with E-state index in [-0.39, 0.29) is 6.61 Å². The molecule has 0 spiro atoms. The molecule has 0 saturated carbocycles. The summed E-state index contributed by atoms with van der Waals surface area (Å²) in [4.78, 5) is 4.41. The van der Waals surface area contributed by atoms with Crippen molar-refractivity contribution in [3.63, 3.8) is 0 Å². The molecule has 0 aliphatic rings. The number of nitrogens with zero attached hydrogens (tertiary/aromatic N) is 2. The molecule has 1 aromatic carbocycles. The third-order valence-electron chi connectivity index (χ3n) is 3.79. The number of aromatic nitrogens is 2. The summed E-state index contributed by atoms with van der Waals surface area (Å²) in [6.45, 7) is 2.85. The number of likely N-dealkylation sites (N-methyl/N-ethyl adjacent to an activating group) is 1. The Morgan fingerprint density at radius 3 is 2.65 bits per heavy atom. The highest BCUT2D eigenvalue weighted by atomic mass is 16.3. The monoisotopic (exact) mass is 273 g/mol. The minimum absolute atomic E-state index is 0.0389. The average Bonchev–Trinajstić information content (AvgIpc) is 2.93. The van der Waals surface area contributed by atoms with E-state index in [0.717, 1.165) is 24.2 Å². The molecule has 1 heterocycles. The standard InChI is InChI=1S/C16H23N3O/c1-3-7-15-18-10-11-19(15)12-16(13-20,17-2)14-8-5-4-6-9-14/h4-6,8-11,17,20H,3,7,12-13H2,1-2H3. The number of nitrogens with one attached hydrogen (secondary N) is 1. The molecule has 0 saturated heterocycles. The van der Waals surface area contributed by atoms with Crippen LogP contribution >= 0.6 is 0 Å². The summed E-state index contributed by atoms with van der Waals surface area (Å²) in [5.41, 5.74) is 0.603. The molecule has 0 amide bonds. The first-order valence-corrected chi connectivity index (χ1v) is 7.11. The van der Waals surface area contributed by atoms with Gasteiger partial charge in [-0.05, 0) is 19.0 Å². The smallest absolute Gasteiger partial charge is 0.108 e. The number of hydrogen-bond acceptors (Lipinski definition) is 3. The Hall–Kier alpha value is -1.65. The molecule has 0 fully saturated rings. The van der Waals surface area contributed by atoms with Crippen molar-refractivity contribution >= 4 is 0 Å². The van der Waals surface area contributed by atoms with Gasteiger partial charge in [0.2, 0.25) is 0 Å². The minimum atomic E-state index is -0.482. The third kappa shape index (κ3) is 2.92. The van der Waals surface area contributed by atoms with E-state index >= 15 is 0 Å². The van der Waals surface area contributed by atoms with Crippen molar-refractivity contribution in [3.05, 3.63) is 54.1 Å². The predicted molar refractivity (Wildman–Crippen MR) is 80.5 cm³/mol. The van der Waals surface area contributed by atoms with E-state index in [9.17, 15) is 5.11 Å². The Morgan fingerprint density at radius 2 is 2.05 bits per heavy atom. The molecular weight excluding hydrogens is 250 g/mol. The maximum atomic E-state index is 9.95. The van der Waals surface area contributed by atoms with Gasteiger partial charge in [-0.15, -0.1) is 0 Å². The first-order valence-electron chi connectivity index (χ1n) is 7.11. The highest BCUT2D eigenvalue weighted by Gasteiger charge is 2.30. The van der Waals surface area contributed by atoms with Crippen molar-refractivity contribution in [1.82, 2.24) is 14.9 Å². The number of aliphatic hydroxyl groups excluding tert-OH is 1. The zero-order valence-electron chi connectivity index (χ0n) is 12.2. The molecule has 1 atom stereocenters. The fourth-order valence-electron chi connectivity index (χ4n) is 2.52. The minimum Gasteiger partial charge on any atom is -0.394 e. The van der Waals surface area contributed by atoms with Crippen LogP contribution < -0.4 is 5.32 Å². The largest absolute Gasteiger partial charge is 0.394 e. The number of imidazole rings is 1. The van der Waals surface area contributed by atoms with Crippen LogP contribution in [-0.2, 0) is 18.5 Å². The van der Waals surface area contributed by atoms with Crippen LogP contribution in [0, 0.1) is 0 Å². The van der Waals surface area contributed by atoms with Crippen LogP contribution in [0.3, 0.4) is 0 Å². The van der Waals surface area contributed by atoms with Crippen LogP contribution in [0.2, 0.25) is 0 Å². The summed E-state index contributed by atoms with van der Waals surface area (Å²) in [6.07, 6.45) is 5.82. The molecule has 2 N–H and O–H groups in total. The fraction of sp³-hybridized carbons (Fsp3) is 0.438. The first-order chi connectivity index (χ1) is 9.75. The van der Waals surface area contributed by atoms with Gasteiger partial charge in [0.05, 0.1) is 12.1 Å². The van der Waals surface area contributed by atoms with Gasteiger partial charge in [0.25, 0.3) is 0 Å². The Morgan fingerprint density at radius 1 is 1.30 bits per heavy atom. The number of rotatable bonds is 7. The fourth-order valence-corrected chi connectivity index (χ4v) is 2.52. The van der Waals surface area contributed by atoms with E-state index in [1.807, 2.05) is 49.8 Å². The van der Waals surface area contributed by atoms with Gasteiger partial charge in [-0.25, -0.2) is 4.98 Å². The van der Waals surface area contributed by atoms with E-state index in [1.54, 1.807) is 0 Å². The summed E-state index contributed by atoms with van der Waals surface area (Å²) < 4.78 is 2.13. The van der Waals surface area contributed by atoms with Crippen molar-refractivity contribution in [1.29, 1.82) is 0 Å². The van der Waals surface area contributed by atoms with E-state index in [2.05, 4.69) is 21.8 Å². The van der Waals surface area contributed by atoms with Gasteiger partial charge in [-0.2, -0.15) is 0 Å². The maximum Gasteiger partial charge on any atom is 0.108 e. The molecule has 4 heteroatoms. The van der Waals surface area contributed by atoms with Crippen molar-refractivity contribution in [2.24, 2.45) is 0 Å². The molecule has 0 aliphatic carbocycles. The average molecular weight is 273 g/mol. The molecule has 0 bridgehead atoms. The number of aliphatic hydroxyl groups is 1. The van der Waals surface area contributed by atoms with Crippen LogP contribution in [0.5, 0.6) is 0 Å². The van der Waals surface area contributed by atoms with Gasteiger partial charge in [0, 0.05) is 25.4 Å². The van der Waals surface area contributed by atoms with Crippen LogP contribution in [-0.4, -0.2) is 28.3 Å². The zero-order valence-corrected chi connectivity index (χ0v) is 12.2. The van der Waals surface area contributed by atoms with Gasteiger partial charge >= 0.3 is 0 Å². The lowest BCUT2D eigenvalue weighted by molar-refractivity contribution is 0.149. The van der Waals surface area contributed by atoms with E-state index in [1.165, 1.54) is 0 Å². The van der Waals surface area contributed by atoms with Gasteiger partial charge in [0.15, 0.2) is 0 Å². The molecule has 0 radical (unpaired) electrons. The highest BCUT2D eigenvalue weighted by molar-refractivity contribution is 5.25. The molecule has 0 aliphatic heterocycles. The van der Waals surface area contributed by atoms with Crippen molar-refractivity contribution in [3.8, 4) is 0 Å². The highest BCUT2D eigenvalue weighted by Crippen LogP contribution is 2.23. The second kappa shape index (κ2) is 6.68. The van der Waals surface area contributed by atoms with E-state index in [0.29, 0.717) is 6.54 Å². The molecule has 108 valence electrons. The van der Waals surface area contributed by atoms with Crippen molar-refractivity contribution < 1.29 is 5.11 Å². The topological polar surface area (TPSA) is 50.1 Å². The molecular formula is C16H23N3O. The van der Waals surface area contributed by atoms with Crippen LogP contribution in [0.4, 0.5) is 0 Å². The number of hydrogen-bond donors (Lipinski definition) is 2. The summed E-state index contributed by atoms with van der Waals surface area (Å²) >= 11 is 0. The van der Waals surface area contributed by atoms with Crippen molar-refractivity contribution in [2.75, 3.05) is 13.7 Å². The zero-order chi connectivity index (χ0) is 14.4. The van der Waals surface area contributed by atoms with E-state index in [4.69, 9.17) is 0 Å². The first kappa shape index (κ1) is 14.8. The second-order valence-corrected chi connectivity index (χ2v) is 5.08. The normalized spacial score (nSPS) is 14.2. The van der Waals surface area contributed by atoms with E-state index < -0.39 is 5.54 Å². The molecule has 1 unspecified atom stereocenters. The number of aryl methyl sites for hydroxylation is 1. The summed E-state index contributed by atoms with van der Waals surface area (Å²) in [6, 6.07) is 10.1. The Balaban J connectivity index is 2.32. The van der Waals surface area contributed by atoms with Gasteiger partial charge in [-0.1, -0.05) is 37.3 Å². The Bertz CT molecular complexity index is 518. The van der Waals surface area contributed by atoms with Gasteiger partial charge in [-0.3, -0.25) is 0 Å². The summed E-state index contributed by atoms with van der Waals surface area (Å²) in [5.74, 6) is 1.07. The Kier molecular flexibility index (Phi) is 4.93.